The maximum absolute atomic E-state index is 14.5. The van der Waals surface area contributed by atoms with Crippen molar-refractivity contribution < 1.29 is 33.5 Å². The summed E-state index contributed by atoms with van der Waals surface area (Å²) < 4.78 is 5.76. The van der Waals surface area contributed by atoms with Crippen LogP contribution in [0, 0.1) is 17.8 Å². The molecule has 282 valence electrons. The topological polar surface area (TPSA) is 145 Å². The number of nitrogens with one attached hydrogen (secondary N) is 2. The Balaban J connectivity index is 1.75. The van der Waals surface area contributed by atoms with E-state index in [2.05, 4.69) is 10.6 Å². The molecule has 2 aromatic carbocycles. The fraction of sp³-hybridized carbons (Fsp3) is 0.550. The van der Waals surface area contributed by atoms with E-state index in [9.17, 15) is 28.8 Å². The number of carbonyl (C=O) groups excluding carboxylic acids is 6. The molecule has 4 unspecified atom stereocenters. The van der Waals surface area contributed by atoms with Gasteiger partial charge in [0.25, 0.3) is 0 Å². The van der Waals surface area contributed by atoms with E-state index in [1.54, 1.807) is 14.1 Å². The van der Waals surface area contributed by atoms with Gasteiger partial charge in [-0.1, -0.05) is 95.3 Å². The molecule has 0 aliphatic carbocycles. The number of likely N-dealkylation sites (N-methyl/N-ethyl adjacent to an activating group) is 2. The Hall–Kier alpha value is -4.74. The molecule has 0 spiro atoms. The summed E-state index contributed by atoms with van der Waals surface area (Å²) in [6.45, 7) is 9.57. The van der Waals surface area contributed by atoms with Crippen molar-refractivity contribution in [1.29, 1.82) is 0 Å². The van der Waals surface area contributed by atoms with Crippen LogP contribution in [-0.4, -0.2) is 108 Å². The van der Waals surface area contributed by atoms with E-state index in [0.29, 0.717) is 13.0 Å². The quantitative estimate of drug-likeness (QED) is 0.438. The molecule has 2 fully saturated rings. The summed E-state index contributed by atoms with van der Waals surface area (Å²) in [6, 6.07) is 14.8. The Kier molecular flexibility index (Phi) is 14.0. The molecule has 2 N–H and O–H groups in total. The number of carbonyl (C=O) groups is 6. The van der Waals surface area contributed by atoms with Crippen LogP contribution in [0.5, 0.6) is 0 Å². The summed E-state index contributed by atoms with van der Waals surface area (Å²) in [6.07, 6.45) is -0.0491. The normalized spacial score (nSPS) is 26.3. The lowest BCUT2D eigenvalue weighted by atomic mass is 9.96. The second kappa shape index (κ2) is 18.1. The minimum Gasteiger partial charge on any atom is -0.461 e. The maximum atomic E-state index is 14.5. The number of hydrogen-bond acceptors (Lipinski definition) is 7. The molecule has 2 aromatic rings. The zero-order valence-corrected chi connectivity index (χ0v) is 31.5. The molecule has 0 saturated carbocycles. The van der Waals surface area contributed by atoms with E-state index in [-0.39, 0.29) is 55.9 Å². The first-order valence-electron chi connectivity index (χ1n) is 18.4. The lowest BCUT2D eigenvalue weighted by Crippen LogP contribution is -2.60. The zero-order valence-electron chi connectivity index (χ0n) is 31.5. The molecule has 0 radical (unpaired) electrons. The van der Waals surface area contributed by atoms with Gasteiger partial charge in [0.1, 0.15) is 30.3 Å². The lowest BCUT2D eigenvalue weighted by Gasteiger charge is -2.38. The molecule has 2 saturated heterocycles. The van der Waals surface area contributed by atoms with Crippen LogP contribution in [0.3, 0.4) is 0 Å². The van der Waals surface area contributed by atoms with Crippen molar-refractivity contribution in [2.75, 3.05) is 27.2 Å². The third-order valence-electron chi connectivity index (χ3n) is 10.3. The van der Waals surface area contributed by atoms with Crippen molar-refractivity contribution in [2.24, 2.45) is 17.8 Å². The van der Waals surface area contributed by atoms with Gasteiger partial charge < -0.3 is 30.1 Å². The molecular weight excluding hydrogens is 662 g/mol. The smallest absolute Gasteiger partial charge is 0.307 e. The number of ether oxygens (including phenoxy) is 1. The Morgan fingerprint density at radius 3 is 1.94 bits per heavy atom. The van der Waals surface area contributed by atoms with Crippen LogP contribution in [0.25, 0.3) is 0 Å². The Labute approximate surface area is 307 Å². The summed E-state index contributed by atoms with van der Waals surface area (Å²) in [5.74, 6) is -3.46. The van der Waals surface area contributed by atoms with E-state index in [1.807, 2.05) is 95.3 Å². The van der Waals surface area contributed by atoms with Gasteiger partial charge in [0.15, 0.2) is 0 Å². The van der Waals surface area contributed by atoms with Crippen molar-refractivity contribution in [2.45, 2.75) is 97.0 Å². The fourth-order valence-corrected chi connectivity index (χ4v) is 7.16. The van der Waals surface area contributed by atoms with Gasteiger partial charge in [-0.3, -0.25) is 28.8 Å². The zero-order chi connectivity index (χ0) is 38.1. The molecule has 4 rings (SSSR count). The Bertz CT molecular complexity index is 1570. The van der Waals surface area contributed by atoms with Crippen LogP contribution < -0.4 is 10.6 Å². The molecule has 5 amide bonds. The van der Waals surface area contributed by atoms with Crippen molar-refractivity contribution >= 4 is 35.5 Å². The van der Waals surface area contributed by atoms with E-state index in [4.69, 9.17) is 4.74 Å². The number of amides is 5. The molecule has 0 bridgehead atoms. The predicted octanol–water partition coefficient (Wildman–Crippen LogP) is 2.98. The largest absolute Gasteiger partial charge is 0.461 e. The van der Waals surface area contributed by atoms with Crippen molar-refractivity contribution in [3.05, 3.63) is 71.8 Å². The number of benzene rings is 2. The van der Waals surface area contributed by atoms with E-state index in [0.717, 1.165) is 11.1 Å². The van der Waals surface area contributed by atoms with E-state index >= 15 is 0 Å². The fourth-order valence-electron chi connectivity index (χ4n) is 7.16. The van der Waals surface area contributed by atoms with Gasteiger partial charge >= 0.3 is 5.97 Å². The minimum absolute atomic E-state index is 0.0389. The van der Waals surface area contributed by atoms with Crippen LogP contribution >= 0.6 is 0 Å². The Morgan fingerprint density at radius 2 is 1.37 bits per heavy atom. The van der Waals surface area contributed by atoms with Crippen LogP contribution in [-0.2, 0) is 46.3 Å². The van der Waals surface area contributed by atoms with Crippen LogP contribution in [0.4, 0.5) is 0 Å². The molecular formula is C40H55N5O7. The molecule has 6 atom stereocenters. The second-order valence-corrected chi connectivity index (χ2v) is 14.9. The third-order valence-corrected chi connectivity index (χ3v) is 10.3. The Morgan fingerprint density at radius 1 is 0.769 bits per heavy atom. The number of fused-ring (bicyclic) bond motifs is 1. The first-order valence-corrected chi connectivity index (χ1v) is 18.4. The highest BCUT2D eigenvalue weighted by Crippen LogP contribution is 2.27. The van der Waals surface area contributed by atoms with E-state index < -0.39 is 59.9 Å². The number of esters is 1. The first kappa shape index (κ1) is 40.0. The van der Waals surface area contributed by atoms with Crippen LogP contribution in [0.15, 0.2) is 60.7 Å². The van der Waals surface area contributed by atoms with E-state index in [1.165, 1.54) is 14.7 Å². The average molecular weight is 718 g/mol. The number of rotatable bonds is 6. The number of cyclic esters (lactones) is 1. The number of hydrogen-bond donors (Lipinski definition) is 2. The van der Waals surface area contributed by atoms with Crippen LogP contribution in [0.2, 0.25) is 0 Å². The van der Waals surface area contributed by atoms with Gasteiger partial charge in [-0.15, -0.1) is 0 Å². The highest BCUT2D eigenvalue weighted by atomic mass is 16.5. The van der Waals surface area contributed by atoms with Crippen LogP contribution in [0.1, 0.15) is 65.0 Å². The molecule has 52 heavy (non-hydrogen) atoms. The predicted molar refractivity (Wildman–Crippen MR) is 196 cm³/mol. The standard InChI is InChI=1S/C40H55N5O7/c1-25(2)32-24-33(46)45-21-19-27(5)36(45)38(49)42-30(22-28-14-10-8-11-15-28)39(50)44(7)35(26(3)4)40(51)43(6)31(23-29-16-12-9-13-17-29)37(48)41-20-18-34(47)52-32/h8-17,25-27,30-32,35-36H,18-24H2,1-7H3,(H,41,48)(H,42,49)/t27?,30?,31?,32?,35-,36-/m0/s1. The van der Waals surface area contributed by atoms with Gasteiger partial charge in [0, 0.05) is 40.0 Å². The summed E-state index contributed by atoms with van der Waals surface area (Å²) in [7, 11) is 3.10. The van der Waals surface area contributed by atoms with Gasteiger partial charge in [-0.05, 0) is 35.3 Å². The van der Waals surface area contributed by atoms with Gasteiger partial charge in [-0.25, -0.2) is 0 Å². The highest BCUT2D eigenvalue weighted by Gasteiger charge is 2.43. The van der Waals surface area contributed by atoms with Gasteiger partial charge in [-0.2, -0.15) is 0 Å². The molecule has 2 aliphatic heterocycles. The molecule has 0 aromatic heterocycles. The molecule has 2 heterocycles. The minimum atomic E-state index is -1.05. The summed E-state index contributed by atoms with van der Waals surface area (Å²) in [5.41, 5.74) is 1.63. The summed E-state index contributed by atoms with van der Waals surface area (Å²) in [4.78, 5) is 87.9. The SMILES string of the molecule is CC(C)C1CC(=O)N2CCC(C)[C@H]2C(=O)NC(Cc2ccccc2)C(=O)N(C)[C@@H](C(C)C)C(=O)N(C)C(Cc2ccccc2)C(=O)NCCC(=O)O1. The molecule has 12 heteroatoms. The number of nitrogens with zero attached hydrogens (tertiary/aromatic N) is 3. The average Bonchev–Trinajstić information content (AvgIpc) is 3.51. The monoisotopic (exact) mass is 717 g/mol. The van der Waals surface area contributed by atoms with Crippen molar-refractivity contribution in [3.63, 3.8) is 0 Å². The van der Waals surface area contributed by atoms with Crippen molar-refractivity contribution in [1.82, 2.24) is 25.3 Å². The highest BCUT2D eigenvalue weighted by molar-refractivity contribution is 5.96. The van der Waals surface area contributed by atoms with Gasteiger partial charge in [0.2, 0.25) is 29.5 Å². The molecule has 12 nitrogen and oxygen atoms in total. The molecule has 2 aliphatic rings. The third kappa shape index (κ3) is 9.98. The summed E-state index contributed by atoms with van der Waals surface area (Å²) >= 11 is 0. The van der Waals surface area contributed by atoms with Gasteiger partial charge in [0.05, 0.1) is 12.8 Å². The second-order valence-electron chi connectivity index (χ2n) is 14.9. The maximum Gasteiger partial charge on any atom is 0.307 e. The van der Waals surface area contributed by atoms with Crippen molar-refractivity contribution in [3.8, 4) is 0 Å². The lowest BCUT2D eigenvalue weighted by molar-refractivity contribution is -0.155. The first-order chi connectivity index (χ1) is 24.7. The summed E-state index contributed by atoms with van der Waals surface area (Å²) in [5, 5.41) is 5.78.